The van der Waals surface area contributed by atoms with Gasteiger partial charge in [0.15, 0.2) is 0 Å². The molecule has 0 atom stereocenters. The smallest absolute Gasteiger partial charge is 0.359 e. The Labute approximate surface area is 253 Å². The first kappa shape index (κ1) is 34.3. The van der Waals surface area contributed by atoms with Gasteiger partial charge >= 0.3 is 23.5 Å². The summed E-state index contributed by atoms with van der Waals surface area (Å²) in [6.07, 6.45) is 1.97. The van der Waals surface area contributed by atoms with Gasteiger partial charge in [-0.2, -0.15) is 0 Å². The third-order valence-electron chi connectivity index (χ3n) is 7.21. The molecule has 0 radical (unpaired) electrons. The number of carboxylic acid groups (broad SMARTS) is 3. The Morgan fingerprint density at radius 3 is 1.55 bits per heavy atom. The molecule has 1 fully saturated rings. The lowest BCUT2D eigenvalue weighted by atomic mass is 10.0. The van der Waals surface area contributed by atoms with Crippen LogP contribution in [-0.4, -0.2) is 99.6 Å². The Bertz CT molecular complexity index is 1270. The maximum Gasteiger partial charge on any atom is 0.359 e. The monoisotopic (exact) mass is 614 g/mol. The minimum atomic E-state index is -3.75. The zero-order chi connectivity index (χ0) is 32.1. The predicted molar refractivity (Wildman–Crippen MR) is 156 cm³/mol. The highest BCUT2D eigenvalue weighted by atomic mass is 19.1. The SMILES string of the molecule is Fc1ccc(C(OCCN2CCN(CCCc3ccccc3)CC2)c2ccc(F)cc2)cc1.O=C(O)C(O)(C(=O)O)C(=O)O. The summed E-state index contributed by atoms with van der Waals surface area (Å²) in [5.41, 5.74) is -0.609. The van der Waals surface area contributed by atoms with E-state index < -0.39 is 23.5 Å². The van der Waals surface area contributed by atoms with E-state index in [0.29, 0.717) is 6.61 Å². The largest absolute Gasteiger partial charge is 0.478 e. The molecule has 0 amide bonds. The van der Waals surface area contributed by atoms with Crippen molar-refractivity contribution in [3.8, 4) is 0 Å². The topological polar surface area (TPSA) is 148 Å². The number of nitrogens with zero attached hydrogens (tertiary/aromatic N) is 2. The molecule has 1 heterocycles. The number of carbonyl (C=O) groups is 3. The van der Waals surface area contributed by atoms with Crippen LogP contribution >= 0.6 is 0 Å². The lowest BCUT2D eigenvalue weighted by Gasteiger charge is -2.35. The van der Waals surface area contributed by atoms with Gasteiger partial charge in [-0.25, -0.2) is 23.2 Å². The standard InChI is InChI=1S/C28H32F2N2O.C4H4O7/c29-26-12-8-24(9-13-26)28(25-10-14-27(30)15-11-25)33-22-21-32-19-17-31(18-20-32)16-4-7-23-5-2-1-3-6-23;5-1(6)4(11,2(7)8)3(9)10/h1-3,5-6,8-15,28H,4,7,16-22H2;11H,(H,5,6)(H,7,8)(H,9,10). The van der Waals surface area contributed by atoms with Gasteiger partial charge in [0.05, 0.1) is 6.61 Å². The fourth-order valence-corrected chi connectivity index (χ4v) is 4.62. The molecule has 1 saturated heterocycles. The molecule has 1 aliphatic heterocycles. The van der Waals surface area contributed by atoms with Crippen LogP contribution in [0.15, 0.2) is 78.9 Å². The molecule has 12 heteroatoms. The van der Waals surface area contributed by atoms with Crippen molar-refractivity contribution >= 4 is 17.9 Å². The molecule has 3 aromatic carbocycles. The molecule has 1 aliphatic rings. The van der Waals surface area contributed by atoms with Gasteiger partial charge < -0.3 is 30.1 Å². The second kappa shape index (κ2) is 16.6. The highest BCUT2D eigenvalue weighted by Gasteiger charge is 2.53. The molecule has 10 nitrogen and oxygen atoms in total. The highest BCUT2D eigenvalue weighted by molar-refractivity contribution is 6.19. The van der Waals surface area contributed by atoms with E-state index in [2.05, 4.69) is 40.1 Å². The molecule has 0 aliphatic carbocycles. The minimum Gasteiger partial charge on any atom is -0.478 e. The molecular weight excluding hydrogens is 578 g/mol. The summed E-state index contributed by atoms with van der Waals surface area (Å²) in [6.45, 7) is 6.77. The lowest BCUT2D eigenvalue weighted by Crippen LogP contribution is -2.53. The predicted octanol–water partition coefficient (Wildman–Crippen LogP) is 3.29. The van der Waals surface area contributed by atoms with Gasteiger partial charge in [-0.15, -0.1) is 0 Å². The van der Waals surface area contributed by atoms with E-state index in [9.17, 15) is 23.2 Å². The average molecular weight is 615 g/mol. The van der Waals surface area contributed by atoms with Crippen molar-refractivity contribution in [1.82, 2.24) is 9.80 Å². The van der Waals surface area contributed by atoms with Gasteiger partial charge in [0, 0.05) is 32.7 Å². The van der Waals surface area contributed by atoms with Gasteiger partial charge in [0.1, 0.15) is 17.7 Å². The van der Waals surface area contributed by atoms with E-state index in [4.69, 9.17) is 25.2 Å². The van der Waals surface area contributed by atoms with Crippen LogP contribution in [0.1, 0.15) is 29.2 Å². The van der Waals surface area contributed by atoms with E-state index in [1.54, 1.807) is 24.3 Å². The zero-order valence-corrected chi connectivity index (χ0v) is 24.0. The number of hydrogen-bond acceptors (Lipinski definition) is 7. The van der Waals surface area contributed by atoms with Crippen molar-refractivity contribution < 1.29 is 48.3 Å². The summed E-state index contributed by atoms with van der Waals surface area (Å²) in [5, 5.41) is 32.3. The number of aliphatic hydroxyl groups is 1. The minimum absolute atomic E-state index is 0.279. The molecule has 236 valence electrons. The fraction of sp³-hybridized carbons (Fsp3) is 0.344. The maximum atomic E-state index is 13.4. The first-order valence-electron chi connectivity index (χ1n) is 14.0. The van der Waals surface area contributed by atoms with Crippen LogP contribution in [0.2, 0.25) is 0 Å². The number of rotatable bonds is 13. The van der Waals surface area contributed by atoms with Gasteiger partial charge in [-0.1, -0.05) is 54.6 Å². The van der Waals surface area contributed by atoms with E-state index >= 15 is 0 Å². The summed E-state index contributed by atoms with van der Waals surface area (Å²) < 4.78 is 33.0. The number of halogens is 2. The Balaban J connectivity index is 0.000000411. The number of benzene rings is 3. The summed E-state index contributed by atoms with van der Waals surface area (Å²) in [4.78, 5) is 34.6. The molecule has 0 aromatic heterocycles. The first-order valence-corrected chi connectivity index (χ1v) is 14.0. The van der Waals surface area contributed by atoms with Crippen molar-refractivity contribution in [1.29, 1.82) is 0 Å². The van der Waals surface area contributed by atoms with E-state index in [1.165, 1.54) is 36.2 Å². The maximum absolute atomic E-state index is 13.4. The number of hydrogen-bond donors (Lipinski definition) is 4. The van der Waals surface area contributed by atoms with Crippen LogP contribution < -0.4 is 0 Å². The number of carboxylic acids is 3. The van der Waals surface area contributed by atoms with Crippen LogP contribution in [0, 0.1) is 11.6 Å². The lowest BCUT2D eigenvalue weighted by molar-refractivity contribution is -0.186. The summed E-state index contributed by atoms with van der Waals surface area (Å²) >= 11 is 0. The molecule has 4 N–H and O–H groups in total. The number of aliphatic carboxylic acids is 3. The van der Waals surface area contributed by atoms with Gasteiger partial charge in [0.2, 0.25) is 0 Å². The van der Waals surface area contributed by atoms with Crippen molar-refractivity contribution in [3.05, 3.63) is 107 Å². The Kier molecular flexibility index (Phi) is 12.9. The van der Waals surface area contributed by atoms with Crippen molar-refractivity contribution in [2.45, 2.75) is 24.5 Å². The highest BCUT2D eigenvalue weighted by Crippen LogP contribution is 2.26. The summed E-state index contributed by atoms with van der Waals surface area (Å²) in [6, 6.07) is 23.3. The average Bonchev–Trinajstić information content (AvgIpc) is 3.01. The Morgan fingerprint density at radius 1 is 0.705 bits per heavy atom. The molecule has 0 bridgehead atoms. The van der Waals surface area contributed by atoms with E-state index in [-0.39, 0.29) is 17.7 Å². The third kappa shape index (κ3) is 9.91. The molecular formula is C32H36F2N2O8. The summed E-state index contributed by atoms with van der Waals surface area (Å²) in [5.74, 6) is -7.57. The Hall–Kier alpha value is -4.23. The quantitative estimate of drug-likeness (QED) is 0.212. The molecule has 0 unspecified atom stereocenters. The number of piperazine rings is 1. The fourth-order valence-electron chi connectivity index (χ4n) is 4.62. The summed E-state index contributed by atoms with van der Waals surface area (Å²) in [7, 11) is 0. The first-order chi connectivity index (χ1) is 21.0. The van der Waals surface area contributed by atoms with Crippen LogP contribution in [0.5, 0.6) is 0 Å². The van der Waals surface area contributed by atoms with E-state index in [1.807, 2.05) is 0 Å². The van der Waals surface area contributed by atoms with Crippen LogP contribution in [0.3, 0.4) is 0 Å². The van der Waals surface area contributed by atoms with Crippen LogP contribution in [-0.2, 0) is 25.5 Å². The van der Waals surface area contributed by atoms with Crippen molar-refractivity contribution in [2.24, 2.45) is 0 Å². The van der Waals surface area contributed by atoms with Crippen molar-refractivity contribution in [2.75, 3.05) is 45.9 Å². The van der Waals surface area contributed by atoms with Gasteiger partial charge in [-0.05, 0) is 60.3 Å². The van der Waals surface area contributed by atoms with Gasteiger partial charge in [0.25, 0.3) is 0 Å². The van der Waals surface area contributed by atoms with Gasteiger partial charge in [-0.3, -0.25) is 4.90 Å². The number of aryl methyl sites for hydroxylation is 1. The van der Waals surface area contributed by atoms with Crippen LogP contribution in [0.4, 0.5) is 8.78 Å². The second-order valence-corrected chi connectivity index (χ2v) is 10.3. The molecule has 4 rings (SSSR count). The third-order valence-corrected chi connectivity index (χ3v) is 7.21. The molecule has 0 spiro atoms. The van der Waals surface area contributed by atoms with Crippen LogP contribution in [0.25, 0.3) is 0 Å². The zero-order valence-electron chi connectivity index (χ0n) is 24.0. The van der Waals surface area contributed by atoms with E-state index in [0.717, 1.165) is 56.8 Å². The van der Waals surface area contributed by atoms with Crippen molar-refractivity contribution in [3.63, 3.8) is 0 Å². The number of ether oxygens (including phenoxy) is 1. The molecule has 3 aromatic rings. The molecule has 0 saturated carbocycles. The second-order valence-electron chi connectivity index (χ2n) is 10.3. The normalized spacial score (nSPS) is 14.1. The Morgan fingerprint density at radius 2 is 1.14 bits per heavy atom. The molecule has 44 heavy (non-hydrogen) atoms.